The van der Waals surface area contributed by atoms with E-state index in [-0.39, 0.29) is 0 Å². The Morgan fingerprint density at radius 3 is 2.77 bits per heavy atom. The quantitative estimate of drug-likeness (QED) is 0.492. The maximum atomic E-state index is 5.48. The molecule has 0 unspecified atom stereocenters. The Morgan fingerprint density at radius 1 is 1.31 bits per heavy atom. The Bertz CT molecular complexity index is 270. The minimum Gasteiger partial charge on any atom is -0.494 e. The van der Waals surface area contributed by atoms with Crippen molar-refractivity contribution in [3.63, 3.8) is 0 Å². The van der Waals surface area contributed by atoms with Gasteiger partial charge in [0.1, 0.15) is 5.75 Å². The largest absolute Gasteiger partial charge is 0.494 e. The smallest absolute Gasteiger partial charge is 0.119 e. The third-order valence-corrected chi connectivity index (χ3v) is 1.65. The van der Waals surface area contributed by atoms with Gasteiger partial charge in [0.25, 0.3) is 0 Å². The lowest BCUT2D eigenvalue weighted by Crippen LogP contribution is -1.95. The predicted molar refractivity (Wildman–Crippen MR) is 54.9 cm³/mol. The highest BCUT2D eigenvalue weighted by Gasteiger charge is 1.89. The third-order valence-electron chi connectivity index (χ3n) is 1.65. The summed E-state index contributed by atoms with van der Waals surface area (Å²) in [6.07, 6.45) is 3.92. The second kappa shape index (κ2) is 6.10. The minimum atomic E-state index is 0.752. The van der Waals surface area contributed by atoms with Crippen LogP contribution in [0.3, 0.4) is 0 Å². The van der Waals surface area contributed by atoms with Gasteiger partial charge in [-0.25, -0.2) is 0 Å². The SMILES string of the molecule is C=C=CCCCOc1ccccc1. The Kier molecular flexibility index (Phi) is 4.52. The normalized spacial score (nSPS) is 8.92. The van der Waals surface area contributed by atoms with Crippen LogP contribution >= 0.6 is 0 Å². The highest BCUT2D eigenvalue weighted by atomic mass is 16.5. The predicted octanol–water partition coefficient (Wildman–Crippen LogP) is 3.19. The van der Waals surface area contributed by atoms with Crippen LogP contribution in [-0.2, 0) is 0 Å². The Labute approximate surface area is 79.4 Å². The number of para-hydroxylation sites is 1. The summed E-state index contributed by atoms with van der Waals surface area (Å²) in [7, 11) is 0. The first kappa shape index (κ1) is 9.63. The average Bonchev–Trinajstić information content (AvgIpc) is 2.19. The van der Waals surface area contributed by atoms with E-state index in [1.54, 1.807) is 0 Å². The van der Waals surface area contributed by atoms with Crippen LogP contribution in [-0.4, -0.2) is 6.61 Å². The number of rotatable bonds is 5. The fourth-order valence-electron chi connectivity index (χ4n) is 0.994. The molecular formula is C12H14O. The summed E-state index contributed by atoms with van der Waals surface area (Å²) in [6, 6.07) is 9.85. The molecule has 0 amide bonds. The first-order valence-corrected chi connectivity index (χ1v) is 4.45. The second-order valence-electron chi connectivity index (χ2n) is 2.71. The molecule has 0 aliphatic heterocycles. The van der Waals surface area contributed by atoms with E-state index in [4.69, 9.17) is 4.74 Å². The van der Waals surface area contributed by atoms with E-state index in [1.165, 1.54) is 0 Å². The molecule has 0 spiro atoms. The van der Waals surface area contributed by atoms with E-state index < -0.39 is 0 Å². The first-order chi connectivity index (χ1) is 6.43. The summed E-state index contributed by atoms with van der Waals surface area (Å²) in [6.45, 7) is 4.25. The molecule has 1 nitrogen and oxygen atoms in total. The van der Waals surface area contributed by atoms with E-state index in [0.717, 1.165) is 25.2 Å². The van der Waals surface area contributed by atoms with Crippen molar-refractivity contribution >= 4 is 0 Å². The van der Waals surface area contributed by atoms with Gasteiger partial charge in [0.15, 0.2) is 0 Å². The topological polar surface area (TPSA) is 9.23 Å². The van der Waals surface area contributed by atoms with Gasteiger partial charge in [-0.05, 0) is 31.1 Å². The molecule has 1 heteroatoms. The van der Waals surface area contributed by atoms with Crippen LogP contribution in [0.2, 0.25) is 0 Å². The molecule has 0 bridgehead atoms. The van der Waals surface area contributed by atoms with Crippen LogP contribution in [0.4, 0.5) is 0 Å². The Morgan fingerprint density at radius 2 is 2.08 bits per heavy atom. The van der Waals surface area contributed by atoms with Crippen molar-refractivity contribution in [2.24, 2.45) is 0 Å². The average molecular weight is 174 g/mol. The summed E-state index contributed by atoms with van der Waals surface area (Å²) in [5, 5.41) is 0. The van der Waals surface area contributed by atoms with Gasteiger partial charge in [0.05, 0.1) is 6.61 Å². The van der Waals surface area contributed by atoms with E-state index in [1.807, 2.05) is 36.4 Å². The summed E-state index contributed by atoms with van der Waals surface area (Å²) in [5.74, 6) is 0.935. The molecule has 0 N–H and O–H groups in total. The van der Waals surface area contributed by atoms with Gasteiger partial charge in [-0.15, -0.1) is 5.73 Å². The molecule has 0 aliphatic carbocycles. The van der Waals surface area contributed by atoms with Crippen molar-refractivity contribution in [2.75, 3.05) is 6.61 Å². The Balaban J connectivity index is 2.17. The van der Waals surface area contributed by atoms with Crippen molar-refractivity contribution in [3.05, 3.63) is 48.7 Å². The molecule has 0 fully saturated rings. The van der Waals surface area contributed by atoms with Crippen molar-refractivity contribution in [1.29, 1.82) is 0 Å². The van der Waals surface area contributed by atoms with E-state index in [0.29, 0.717) is 0 Å². The molecule has 68 valence electrons. The van der Waals surface area contributed by atoms with Gasteiger partial charge < -0.3 is 4.74 Å². The van der Waals surface area contributed by atoms with Crippen LogP contribution < -0.4 is 4.74 Å². The Hall–Kier alpha value is -1.46. The van der Waals surface area contributed by atoms with Gasteiger partial charge in [-0.1, -0.05) is 24.8 Å². The van der Waals surface area contributed by atoms with Crippen LogP contribution in [0.25, 0.3) is 0 Å². The summed E-state index contributed by atoms with van der Waals surface area (Å²) < 4.78 is 5.48. The monoisotopic (exact) mass is 174 g/mol. The van der Waals surface area contributed by atoms with E-state index in [2.05, 4.69) is 12.3 Å². The molecule has 13 heavy (non-hydrogen) atoms. The highest BCUT2D eigenvalue weighted by molar-refractivity contribution is 5.20. The number of hydrogen-bond acceptors (Lipinski definition) is 1. The molecule has 1 rings (SSSR count). The van der Waals surface area contributed by atoms with Gasteiger partial charge in [-0.2, -0.15) is 0 Å². The van der Waals surface area contributed by atoms with Crippen LogP contribution in [0.1, 0.15) is 12.8 Å². The lowest BCUT2D eigenvalue weighted by molar-refractivity contribution is 0.312. The lowest BCUT2D eigenvalue weighted by atomic mass is 10.3. The summed E-state index contributed by atoms with van der Waals surface area (Å²) in [5.41, 5.74) is 2.74. The molecular weight excluding hydrogens is 160 g/mol. The fourth-order valence-corrected chi connectivity index (χ4v) is 0.994. The fraction of sp³-hybridized carbons (Fsp3) is 0.250. The molecule has 0 atom stereocenters. The maximum absolute atomic E-state index is 5.48. The first-order valence-electron chi connectivity index (χ1n) is 4.45. The van der Waals surface area contributed by atoms with Gasteiger partial charge >= 0.3 is 0 Å². The number of ether oxygens (including phenoxy) is 1. The minimum absolute atomic E-state index is 0.752. The van der Waals surface area contributed by atoms with E-state index >= 15 is 0 Å². The zero-order valence-corrected chi connectivity index (χ0v) is 7.70. The van der Waals surface area contributed by atoms with Gasteiger partial charge in [0, 0.05) is 0 Å². The summed E-state index contributed by atoms with van der Waals surface area (Å²) >= 11 is 0. The molecule has 0 aromatic heterocycles. The molecule has 0 heterocycles. The number of benzene rings is 1. The molecule has 0 saturated carbocycles. The molecule has 0 saturated heterocycles. The third kappa shape index (κ3) is 4.19. The number of hydrogen-bond donors (Lipinski definition) is 0. The van der Waals surface area contributed by atoms with Crippen LogP contribution in [0.5, 0.6) is 5.75 Å². The molecule has 1 aromatic rings. The van der Waals surface area contributed by atoms with Crippen LogP contribution in [0, 0.1) is 0 Å². The van der Waals surface area contributed by atoms with E-state index in [9.17, 15) is 0 Å². The maximum Gasteiger partial charge on any atom is 0.119 e. The van der Waals surface area contributed by atoms with Crippen molar-refractivity contribution < 1.29 is 4.74 Å². The summed E-state index contributed by atoms with van der Waals surface area (Å²) in [4.78, 5) is 0. The van der Waals surface area contributed by atoms with Gasteiger partial charge in [-0.3, -0.25) is 0 Å². The van der Waals surface area contributed by atoms with Crippen molar-refractivity contribution in [3.8, 4) is 5.75 Å². The molecule has 0 radical (unpaired) electrons. The lowest BCUT2D eigenvalue weighted by Gasteiger charge is -2.03. The number of unbranched alkanes of at least 4 members (excludes halogenated alkanes) is 1. The van der Waals surface area contributed by atoms with Crippen molar-refractivity contribution in [1.82, 2.24) is 0 Å². The van der Waals surface area contributed by atoms with Gasteiger partial charge in [0.2, 0.25) is 0 Å². The van der Waals surface area contributed by atoms with Crippen molar-refractivity contribution in [2.45, 2.75) is 12.8 Å². The number of allylic oxidation sites excluding steroid dienone is 1. The second-order valence-corrected chi connectivity index (χ2v) is 2.71. The highest BCUT2D eigenvalue weighted by Crippen LogP contribution is 2.08. The van der Waals surface area contributed by atoms with Crippen LogP contribution in [0.15, 0.2) is 48.7 Å². The zero-order chi connectivity index (χ0) is 9.36. The zero-order valence-electron chi connectivity index (χ0n) is 7.70. The standard InChI is InChI=1S/C12H14O/c1-2-3-4-8-11-13-12-9-6-5-7-10-12/h3,5-7,9-10H,1,4,8,11H2. The molecule has 1 aromatic carbocycles. The molecule has 0 aliphatic rings.